The Morgan fingerprint density at radius 2 is 1.29 bits per heavy atom. The second kappa shape index (κ2) is 11.3. The van der Waals surface area contributed by atoms with Gasteiger partial charge in [0.15, 0.2) is 0 Å². The van der Waals surface area contributed by atoms with Gasteiger partial charge in [0, 0.05) is 44.2 Å². The number of hydrogen-bond donors (Lipinski definition) is 1. The van der Waals surface area contributed by atoms with E-state index in [0.29, 0.717) is 0 Å². The summed E-state index contributed by atoms with van der Waals surface area (Å²) >= 11 is 1.86. The Labute approximate surface area is 288 Å². The second-order valence-corrected chi connectivity index (χ2v) is 13.7. The van der Waals surface area contributed by atoms with Gasteiger partial charge in [-0.15, -0.1) is 0 Å². The number of furan rings is 1. The van der Waals surface area contributed by atoms with Gasteiger partial charge in [0.05, 0.1) is 5.69 Å². The number of hydrogen-bond acceptors (Lipinski definition) is 4. The Morgan fingerprint density at radius 3 is 2.14 bits per heavy atom. The first-order valence-electron chi connectivity index (χ1n) is 16.6. The quantitative estimate of drug-likeness (QED) is 0.201. The Morgan fingerprint density at radius 1 is 0.531 bits per heavy atom. The van der Waals surface area contributed by atoms with Crippen molar-refractivity contribution in [3.8, 4) is 11.1 Å². The highest BCUT2D eigenvalue weighted by Crippen LogP contribution is 2.52. The topological polar surface area (TPSA) is 28.4 Å². The fourth-order valence-electron chi connectivity index (χ4n) is 7.36. The van der Waals surface area contributed by atoms with Gasteiger partial charge in [-0.25, -0.2) is 0 Å². The summed E-state index contributed by atoms with van der Waals surface area (Å²) in [6, 6.07) is 60.8. The molecule has 3 nitrogen and oxygen atoms in total. The largest absolute Gasteiger partial charge is 0.456 e. The van der Waals surface area contributed by atoms with Crippen molar-refractivity contribution in [3.05, 3.63) is 175 Å². The summed E-state index contributed by atoms with van der Waals surface area (Å²) in [5.41, 5.74) is 9.90. The van der Waals surface area contributed by atoms with Crippen LogP contribution >= 0.6 is 11.8 Å². The molecule has 1 atom stereocenters. The van der Waals surface area contributed by atoms with Crippen LogP contribution in [0.5, 0.6) is 0 Å². The van der Waals surface area contributed by atoms with Crippen LogP contribution in [0.3, 0.4) is 0 Å². The summed E-state index contributed by atoms with van der Waals surface area (Å²) in [6.07, 6.45) is 0. The molecule has 10 rings (SSSR count). The minimum atomic E-state index is 0.172. The van der Waals surface area contributed by atoms with E-state index >= 15 is 0 Å². The maximum atomic E-state index is 6.61. The first-order chi connectivity index (χ1) is 24.3. The SMILES string of the molecule is c1ccc(C2Nc3ccc4oc5cc(N(c6ccccc6)c6ccc(-c7ccc8ccccc8c7)c7ccccc67)ccc5c4c3S2)cc1. The molecular formula is C45H30N2OS. The molecule has 0 saturated carbocycles. The first-order valence-corrected chi connectivity index (χ1v) is 17.5. The third-order valence-electron chi connectivity index (χ3n) is 9.67. The van der Waals surface area contributed by atoms with E-state index in [1.54, 1.807) is 0 Å². The minimum Gasteiger partial charge on any atom is -0.456 e. The fourth-order valence-corrected chi connectivity index (χ4v) is 8.66. The van der Waals surface area contributed by atoms with Crippen LogP contribution in [0.1, 0.15) is 10.9 Å². The zero-order chi connectivity index (χ0) is 32.3. The summed E-state index contributed by atoms with van der Waals surface area (Å²) in [4.78, 5) is 3.60. The number of anilines is 4. The van der Waals surface area contributed by atoms with E-state index in [9.17, 15) is 0 Å². The number of nitrogens with zero attached hydrogens (tertiary/aromatic N) is 1. The van der Waals surface area contributed by atoms with Gasteiger partial charge in [-0.3, -0.25) is 0 Å². The molecule has 0 aliphatic carbocycles. The van der Waals surface area contributed by atoms with Gasteiger partial charge in [-0.2, -0.15) is 0 Å². The summed E-state index contributed by atoms with van der Waals surface area (Å²) < 4.78 is 6.61. The Kier molecular flexibility index (Phi) is 6.49. The molecule has 1 unspecified atom stereocenters. The van der Waals surface area contributed by atoms with Crippen molar-refractivity contribution in [1.29, 1.82) is 0 Å². The molecular weight excluding hydrogens is 617 g/mol. The van der Waals surface area contributed by atoms with E-state index in [-0.39, 0.29) is 5.37 Å². The third-order valence-corrected chi connectivity index (χ3v) is 11.0. The van der Waals surface area contributed by atoms with Gasteiger partial charge >= 0.3 is 0 Å². The van der Waals surface area contributed by atoms with Crippen molar-refractivity contribution in [2.75, 3.05) is 10.2 Å². The van der Waals surface area contributed by atoms with Crippen molar-refractivity contribution in [3.63, 3.8) is 0 Å². The van der Waals surface area contributed by atoms with Crippen molar-refractivity contribution >= 4 is 78.0 Å². The standard InChI is InChI=1S/C45H30N2OS/c1-3-12-30(13-4-1)45-46-39-24-26-41-43(44(39)49-45)38-22-21-34(28-42(38)48-41)47(33-15-5-2-6-16-33)40-25-23-35(36-17-9-10-18-37(36)40)32-20-19-29-11-7-8-14-31(29)27-32/h1-28,45-46H. The van der Waals surface area contributed by atoms with Crippen LogP contribution in [0, 0.1) is 0 Å². The summed E-state index contributed by atoms with van der Waals surface area (Å²) in [7, 11) is 0. The summed E-state index contributed by atoms with van der Waals surface area (Å²) in [5.74, 6) is 0. The van der Waals surface area contributed by atoms with Gasteiger partial charge in [-0.05, 0) is 81.4 Å². The van der Waals surface area contributed by atoms with Crippen LogP contribution in [-0.4, -0.2) is 0 Å². The van der Waals surface area contributed by atoms with E-state index in [0.717, 1.165) is 39.3 Å². The first kappa shape index (κ1) is 28.1. The molecule has 4 heteroatoms. The predicted molar refractivity (Wildman–Crippen MR) is 208 cm³/mol. The van der Waals surface area contributed by atoms with Crippen LogP contribution in [-0.2, 0) is 0 Å². The van der Waals surface area contributed by atoms with Crippen molar-refractivity contribution in [2.24, 2.45) is 0 Å². The van der Waals surface area contributed by atoms with Gasteiger partial charge in [0.1, 0.15) is 16.5 Å². The molecule has 0 amide bonds. The lowest BCUT2D eigenvalue weighted by Crippen LogP contribution is -2.10. The lowest BCUT2D eigenvalue weighted by atomic mass is 9.94. The van der Waals surface area contributed by atoms with Crippen LogP contribution < -0.4 is 10.2 Å². The Bertz CT molecular complexity index is 2680. The monoisotopic (exact) mass is 646 g/mol. The smallest absolute Gasteiger partial charge is 0.137 e. The molecule has 2 heterocycles. The normalized spacial score (nSPS) is 14.0. The zero-order valence-electron chi connectivity index (χ0n) is 26.5. The maximum Gasteiger partial charge on any atom is 0.137 e. The van der Waals surface area contributed by atoms with E-state index < -0.39 is 0 Å². The average Bonchev–Trinajstić information content (AvgIpc) is 3.77. The number of nitrogens with one attached hydrogen (secondary N) is 1. The average molecular weight is 647 g/mol. The molecule has 8 aromatic carbocycles. The van der Waals surface area contributed by atoms with Gasteiger partial charge in [0.2, 0.25) is 0 Å². The van der Waals surface area contributed by atoms with Crippen LogP contribution in [0.15, 0.2) is 179 Å². The molecule has 0 radical (unpaired) electrons. The van der Waals surface area contributed by atoms with Gasteiger partial charge in [0.25, 0.3) is 0 Å². The van der Waals surface area contributed by atoms with Gasteiger partial charge < -0.3 is 14.6 Å². The third kappa shape index (κ3) is 4.67. The summed E-state index contributed by atoms with van der Waals surface area (Å²) in [6.45, 7) is 0. The molecule has 1 N–H and O–H groups in total. The van der Waals surface area contributed by atoms with E-state index in [2.05, 4.69) is 180 Å². The lowest BCUT2D eigenvalue weighted by molar-refractivity contribution is 0.668. The number of rotatable bonds is 5. The van der Waals surface area contributed by atoms with Crippen LogP contribution in [0.2, 0.25) is 0 Å². The van der Waals surface area contributed by atoms with Gasteiger partial charge in [-0.1, -0.05) is 127 Å². The Hall–Kier alpha value is -5.97. The zero-order valence-corrected chi connectivity index (χ0v) is 27.3. The Balaban J connectivity index is 1.12. The number of para-hydroxylation sites is 1. The minimum absolute atomic E-state index is 0.172. The molecule has 1 aliphatic heterocycles. The summed E-state index contributed by atoms with van der Waals surface area (Å²) in [5, 5.41) is 11.1. The van der Waals surface area contributed by atoms with E-state index in [1.165, 1.54) is 48.5 Å². The molecule has 49 heavy (non-hydrogen) atoms. The lowest BCUT2D eigenvalue weighted by Gasteiger charge is -2.27. The fraction of sp³-hybridized carbons (Fsp3) is 0.0222. The van der Waals surface area contributed by atoms with Crippen molar-refractivity contribution in [2.45, 2.75) is 10.3 Å². The number of benzene rings is 8. The van der Waals surface area contributed by atoms with Crippen molar-refractivity contribution in [1.82, 2.24) is 0 Å². The molecule has 9 aromatic rings. The van der Waals surface area contributed by atoms with E-state index in [4.69, 9.17) is 4.42 Å². The molecule has 0 saturated heterocycles. The van der Waals surface area contributed by atoms with Crippen LogP contribution in [0.4, 0.5) is 22.7 Å². The number of fused-ring (bicyclic) bond motifs is 7. The molecule has 0 spiro atoms. The number of thioether (sulfide) groups is 1. The second-order valence-electron chi connectivity index (χ2n) is 12.6. The highest BCUT2D eigenvalue weighted by atomic mass is 32.2. The molecule has 0 bridgehead atoms. The van der Waals surface area contributed by atoms with Crippen molar-refractivity contribution < 1.29 is 4.42 Å². The highest BCUT2D eigenvalue weighted by Gasteiger charge is 2.27. The molecule has 1 aromatic heterocycles. The maximum absolute atomic E-state index is 6.61. The predicted octanol–water partition coefficient (Wildman–Crippen LogP) is 13.2. The molecule has 232 valence electrons. The highest BCUT2D eigenvalue weighted by molar-refractivity contribution is 8.00. The molecule has 0 fully saturated rings. The van der Waals surface area contributed by atoms with E-state index in [1.807, 2.05) is 11.8 Å². The molecule has 1 aliphatic rings. The van der Waals surface area contributed by atoms with Crippen LogP contribution in [0.25, 0.3) is 54.6 Å².